The maximum atomic E-state index is 11.8. The van der Waals surface area contributed by atoms with Gasteiger partial charge in [0.1, 0.15) is 0 Å². The Hall–Kier alpha value is -0.810. The fourth-order valence-electron chi connectivity index (χ4n) is 2.71. The molecular weight excluding hydrogens is 333 g/mol. The van der Waals surface area contributed by atoms with E-state index >= 15 is 0 Å². The van der Waals surface area contributed by atoms with Crippen molar-refractivity contribution in [1.82, 2.24) is 10.2 Å². The molecule has 0 spiro atoms. The van der Waals surface area contributed by atoms with Crippen LogP contribution in [0.5, 0.6) is 0 Å². The van der Waals surface area contributed by atoms with E-state index in [9.17, 15) is 4.79 Å². The third-order valence-corrected chi connectivity index (χ3v) is 4.01. The van der Waals surface area contributed by atoms with Crippen LogP contribution in [0.25, 0.3) is 0 Å². The van der Waals surface area contributed by atoms with Crippen LogP contribution in [0.1, 0.15) is 43.7 Å². The van der Waals surface area contributed by atoms with E-state index in [2.05, 4.69) is 28.4 Å². The lowest BCUT2D eigenvalue weighted by atomic mass is 10.1. The lowest BCUT2D eigenvalue weighted by molar-refractivity contribution is -0.121. The van der Waals surface area contributed by atoms with E-state index in [-0.39, 0.29) is 36.8 Å². The van der Waals surface area contributed by atoms with Crippen molar-refractivity contribution in [3.05, 3.63) is 35.4 Å². The smallest absolute Gasteiger partial charge is 0.220 e. The number of hydrogen-bond acceptors (Lipinski definition) is 3. The number of halogens is 2. The van der Waals surface area contributed by atoms with Crippen LogP contribution >= 0.6 is 24.8 Å². The van der Waals surface area contributed by atoms with E-state index in [1.807, 2.05) is 13.0 Å². The Balaban J connectivity index is 0.00000242. The average molecular weight is 362 g/mol. The monoisotopic (exact) mass is 361 g/mol. The van der Waals surface area contributed by atoms with Crippen LogP contribution in [-0.2, 0) is 17.9 Å². The van der Waals surface area contributed by atoms with E-state index in [0.29, 0.717) is 13.0 Å². The van der Waals surface area contributed by atoms with Gasteiger partial charge < -0.3 is 11.1 Å². The highest BCUT2D eigenvalue weighted by molar-refractivity contribution is 5.85. The summed E-state index contributed by atoms with van der Waals surface area (Å²) in [5.41, 5.74) is 8.22. The topological polar surface area (TPSA) is 58.4 Å². The molecule has 6 heteroatoms. The number of likely N-dealkylation sites (tertiary alicyclic amines) is 1. The molecule has 1 fully saturated rings. The summed E-state index contributed by atoms with van der Waals surface area (Å²) < 4.78 is 0. The zero-order chi connectivity index (χ0) is 15.1. The molecule has 4 nitrogen and oxygen atoms in total. The van der Waals surface area contributed by atoms with E-state index in [1.54, 1.807) is 0 Å². The van der Waals surface area contributed by atoms with Gasteiger partial charge in [-0.15, -0.1) is 24.8 Å². The van der Waals surface area contributed by atoms with Crippen molar-refractivity contribution in [2.24, 2.45) is 5.73 Å². The lowest BCUT2D eigenvalue weighted by Crippen LogP contribution is -2.26. The van der Waals surface area contributed by atoms with E-state index in [1.165, 1.54) is 37.1 Å². The second-order valence-electron chi connectivity index (χ2n) is 6.04. The number of nitrogens with zero attached hydrogens (tertiary/aromatic N) is 1. The number of nitrogens with two attached hydrogens (primary N) is 1. The molecule has 1 aliphatic heterocycles. The highest BCUT2D eigenvalue weighted by atomic mass is 35.5. The molecule has 1 amide bonds. The molecule has 23 heavy (non-hydrogen) atoms. The van der Waals surface area contributed by atoms with Crippen LogP contribution in [0.3, 0.4) is 0 Å². The van der Waals surface area contributed by atoms with Crippen LogP contribution in [0.4, 0.5) is 0 Å². The molecule has 1 aliphatic rings. The largest absolute Gasteiger partial charge is 0.352 e. The van der Waals surface area contributed by atoms with Crippen LogP contribution in [-0.4, -0.2) is 29.9 Å². The Morgan fingerprint density at radius 3 is 2.43 bits per heavy atom. The SMILES string of the molecule is CC(N)CCC(=O)NCc1ccccc1CN1CCCC1.Cl.Cl. The van der Waals surface area contributed by atoms with Gasteiger partial charge in [0.15, 0.2) is 0 Å². The van der Waals surface area contributed by atoms with Crippen molar-refractivity contribution in [2.45, 2.75) is 51.7 Å². The van der Waals surface area contributed by atoms with Crippen molar-refractivity contribution >= 4 is 30.7 Å². The van der Waals surface area contributed by atoms with Crippen molar-refractivity contribution in [3.8, 4) is 0 Å². The minimum absolute atomic E-state index is 0. The third-order valence-electron chi connectivity index (χ3n) is 4.01. The molecule has 2 rings (SSSR count). The van der Waals surface area contributed by atoms with E-state index in [4.69, 9.17) is 5.73 Å². The second-order valence-corrected chi connectivity index (χ2v) is 6.04. The minimum Gasteiger partial charge on any atom is -0.352 e. The highest BCUT2D eigenvalue weighted by Gasteiger charge is 2.13. The maximum Gasteiger partial charge on any atom is 0.220 e. The summed E-state index contributed by atoms with van der Waals surface area (Å²) in [5, 5.41) is 3.01. The Morgan fingerprint density at radius 2 is 1.83 bits per heavy atom. The van der Waals surface area contributed by atoms with Crippen molar-refractivity contribution in [3.63, 3.8) is 0 Å². The molecule has 3 N–H and O–H groups in total. The second kappa shape index (κ2) is 11.7. The molecular formula is C17H29Cl2N3O. The first-order valence-corrected chi connectivity index (χ1v) is 7.96. The number of benzene rings is 1. The molecule has 0 saturated carbocycles. The summed E-state index contributed by atoms with van der Waals surface area (Å²) in [5.74, 6) is 0.0864. The predicted octanol–water partition coefficient (Wildman–Crippen LogP) is 2.87. The fraction of sp³-hybridized carbons (Fsp3) is 0.588. The Labute approximate surface area is 152 Å². The number of carbonyl (C=O) groups is 1. The van der Waals surface area contributed by atoms with Gasteiger partial charge in [0.2, 0.25) is 5.91 Å². The number of amides is 1. The van der Waals surface area contributed by atoms with Gasteiger partial charge in [-0.25, -0.2) is 0 Å². The lowest BCUT2D eigenvalue weighted by Gasteiger charge is -2.17. The molecule has 1 saturated heterocycles. The summed E-state index contributed by atoms with van der Waals surface area (Å²) in [4.78, 5) is 14.3. The standard InChI is InChI=1S/C17H27N3O.2ClH/c1-14(18)8-9-17(21)19-12-15-6-2-3-7-16(15)13-20-10-4-5-11-20;;/h2-3,6-7,14H,4-5,8-13,18H2,1H3,(H,19,21);2*1H. The fourth-order valence-corrected chi connectivity index (χ4v) is 2.71. The molecule has 0 radical (unpaired) electrons. The highest BCUT2D eigenvalue weighted by Crippen LogP contribution is 2.16. The molecule has 132 valence electrons. The zero-order valence-corrected chi connectivity index (χ0v) is 15.4. The molecule has 0 aliphatic carbocycles. The first kappa shape index (κ1) is 22.2. The number of nitrogens with one attached hydrogen (secondary N) is 1. The minimum atomic E-state index is 0. The molecule has 0 aromatic heterocycles. The zero-order valence-electron chi connectivity index (χ0n) is 13.8. The van der Waals surface area contributed by atoms with Gasteiger partial charge in [0.05, 0.1) is 0 Å². The molecule has 0 bridgehead atoms. The molecule has 1 aromatic carbocycles. The summed E-state index contributed by atoms with van der Waals surface area (Å²) >= 11 is 0. The Kier molecular flexibility index (Phi) is 11.3. The van der Waals surface area contributed by atoms with Gasteiger partial charge in [0, 0.05) is 25.6 Å². The van der Waals surface area contributed by atoms with Crippen LogP contribution < -0.4 is 11.1 Å². The molecule has 1 heterocycles. The summed E-state index contributed by atoms with van der Waals surface area (Å²) in [6.45, 7) is 5.91. The summed E-state index contributed by atoms with van der Waals surface area (Å²) in [6, 6.07) is 8.47. The van der Waals surface area contributed by atoms with Crippen LogP contribution in [0.15, 0.2) is 24.3 Å². The van der Waals surface area contributed by atoms with Crippen molar-refractivity contribution < 1.29 is 4.79 Å². The Morgan fingerprint density at radius 1 is 1.22 bits per heavy atom. The first-order chi connectivity index (χ1) is 10.1. The van der Waals surface area contributed by atoms with E-state index in [0.717, 1.165) is 13.0 Å². The molecule has 1 atom stereocenters. The van der Waals surface area contributed by atoms with Gasteiger partial charge in [-0.05, 0) is 50.4 Å². The Bertz CT molecular complexity index is 463. The number of rotatable bonds is 7. The summed E-state index contributed by atoms with van der Waals surface area (Å²) in [7, 11) is 0. The van der Waals surface area contributed by atoms with Crippen molar-refractivity contribution in [1.29, 1.82) is 0 Å². The number of hydrogen-bond donors (Lipinski definition) is 2. The summed E-state index contributed by atoms with van der Waals surface area (Å²) in [6.07, 6.45) is 3.85. The van der Waals surface area contributed by atoms with Gasteiger partial charge in [-0.1, -0.05) is 24.3 Å². The molecule has 1 unspecified atom stereocenters. The first-order valence-electron chi connectivity index (χ1n) is 7.96. The van der Waals surface area contributed by atoms with Crippen LogP contribution in [0.2, 0.25) is 0 Å². The van der Waals surface area contributed by atoms with Gasteiger partial charge >= 0.3 is 0 Å². The third kappa shape index (κ3) is 8.02. The average Bonchev–Trinajstić information content (AvgIpc) is 2.97. The quantitative estimate of drug-likeness (QED) is 0.784. The van der Waals surface area contributed by atoms with Gasteiger partial charge in [-0.3, -0.25) is 9.69 Å². The maximum absolute atomic E-state index is 11.8. The van der Waals surface area contributed by atoms with Crippen molar-refractivity contribution in [2.75, 3.05) is 13.1 Å². The van der Waals surface area contributed by atoms with E-state index < -0.39 is 0 Å². The van der Waals surface area contributed by atoms with Gasteiger partial charge in [-0.2, -0.15) is 0 Å². The number of carbonyl (C=O) groups excluding carboxylic acids is 1. The predicted molar refractivity (Wildman–Crippen MR) is 100 cm³/mol. The van der Waals surface area contributed by atoms with Gasteiger partial charge in [0.25, 0.3) is 0 Å². The van der Waals surface area contributed by atoms with Crippen LogP contribution in [0, 0.1) is 0 Å². The normalized spacial score (nSPS) is 15.4. The molecule has 1 aromatic rings.